The van der Waals surface area contributed by atoms with E-state index in [2.05, 4.69) is 63.7 Å². The quantitative estimate of drug-likeness (QED) is 0.562. The zero-order valence-electron chi connectivity index (χ0n) is 16.9. The first-order chi connectivity index (χ1) is 13.8. The SMILES string of the molecule is CN=C(NCc1cccc(COC)c1)N1CCC(COCc2ccccc2)C1. The van der Waals surface area contributed by atoms with Crippen molar-refractivity contribution in [3.63, 3.8) is 0 Å². The molecule has 1 aliphatic rings. The number of ether oxygens (including phenoxy) is 2. The van der Waals surface area contributed by atoms with Crippen molar-refractivity contribution in [1.29, 1.82) is 0 Å². The monoisotopic (exact) mass is 381 g/mol. The molecule has 0 radical (unpaired) electrons. The molecule has 28 heavy (non-hydrogen) atoms. The molecule has 0 aliphatic carbocycles. The average molecular weight is 382 g/mol. The zero-order chi connectivity index (χ0) is 19.6. The van der Waals surface area contributed by atoms with E-state index in [1.165, 1.54) is 16.7 Å². The van der Waals surface area contributed by atoms with E-state index in [1.807, 2.05) is 13.1 Å². The second-order valence-electron chi connectivity index (χ2n) is 7.26. The van der Waals surface area contributed by atoms with Crippen molar-refractivity contribution in [3.8, 4) is 0 Å². The highest BCUT2D eigenvalue weighted by Gasteiger charge is 2.24. The smallest absolute Gasteiger partial charge is 0.193 e. The predicted molar refractivity (Wildman–Crippen MR) is 113 cm³/mol. The summed E-state index contributed by atoms with van der Waals surface area (Å²) in [6.45, 7) is 4.87. The van der Waals surface area contributed by atoms with Crippen LogP contribution in [0.3, 0.4) is 0 Å². The first-order valence-electron chi connectivity index (χ1n) is 9.92. The third-order valence-corrected chi connectivity index (χ3v) is 5.02. The number of nitrogens with one attached hydrogen (secondary N) is 1. The van der Waals surface area contributed by atoms with Gasteiger partial charge in [-0.25, -0.2) is 0 Å². The highest BCUT2D eigenvalue weighted by molar-refractivity contribution is 5.80. The molecular weight excluding hydrogens is 350 g/mol. The molecule has 2 aromatic rings. The van der Waals surface area contributed by atoms with Crippen LogP contribution in [0, 0.1) is 5.92 Å². The van der Waals surface area contributed by atoms with Gasteiger partial charge in [0.05, 0.1) is 19.8 Å². The van der Waals surface area contributed by atoms with Gasteiger partial charge in [0.2, 0.25) is 0 Å². The van der Waals surface area contributed by atoms with Crippen LogP contribution in [0.4, 0.5) is 0 Å². The van der Waals surface area contributed by atoms with E-state index in [-0.39, 0.29) is 0 Å². The molecule has 5 nitrogen and oxygen atoms in total. The van der Waals surface area contributed by atoms with Gasteiger partial charge in [0.1, 0.15) is 0 Å². The molecule has 1 unspecified atom stereocenters. The van der Waals surface area contributed by atoms with Crippen LogP contribution >= 0.6 is 0 Å². The fourth-order valence-corrected chi connectivity index (χ4v) is 3.59. The molecule has 150 valence electrons. The van der Waals surface area contributed by atoms with Gasteiger partial charge in [0, 0.05) is 39.7 Å². The average Bonchev–Trinajstić information content (AvgIpc) is 3.19. The second-order valence-corrected chi connectivity index (χ2v) is 7.26. The van der Waals surface area contributed by atoms with Crippen LogP contribution in [0.25, 0.3) is 0 Å². The molecule has 1 fully saturated rings. The molecule has 1 atom stereocenters. The highest BCUT2D eigenvalue weighted by atomic mass is 16.5. The van der Waals surface area contributed by atoms with Crippen LogP contribution < -0.4 is 5.32 Å². The molecule has 5 heteroatoms. The lowest BCUT2D eigenvalue weighted by Gasteiger charge is -2.22. The molecule has 2 aromatic carbocycles. The van der Waals surface area contributed by atoms with Gasteiger partial charge in [-0.3, -0.25) is 4.99 Å². The van der Waals surface area contributed by atoms with E-state index in [0.717, 1.165) is 38.6 Å². The second kappa shape index (κ2) is 10.8. The Morgan fingerprint density at radius 2 is 1.86 bits per heavy atom. The number of benzene rings is 2. The lowest BCUT2D eigenvalue weighted by Crippen LogP contribution is -2.39. The fourth-order valence-electron chi connectivity index (χ4n) is 3.59. The standard InChI is InChI=1S/C23H31N3O2/c1-24-23(25-14-20-9-6-10-21(13-20)16-27-2)26-12-11-22(15-26)18-28-17-19-7-4-3-5-8-19/h3-10,13,22H,11-12,14-18H2,1-2H3,(H,24,25). The molecule has 0 aromatic heterocycles. The summed E-state index contributed by atoms with van der Waals surface area (Å²) < 4.78 is 11.2. The summed E-state index contributed by atoms with van der Waals surface area (Å²) in [5, 5.41) is 3.49. The number of likely N-dealkylation sites (tertiary alicyclic amines) is 1. The number of nitrogens with zero attached hydrogens (tertiary/aromatic N) is 2. The molecule has 0 bridgehead atoms. The number of methoxy groups -OCH3 is 1. The van der Waals surface area contributed by atoms with Gasteiger partial charge in [-0.2, -0.15) is 0 Å². The van der Waals surface area contributed by atoms with Crippen LogP contribution in [0.15, 0.2) is 59.6 Å². The van der Waals surface area contributed by atoms with Gasteiger partial charge in [0.15, 0.2) is 5.96 Å². The Bertz CT molecular complexity index is 749. The van der Waals surface area contributed by atoms with Crippen molar-refractivity contribution in [2.45, 2.75) is 26.2 Å². The Morgan fingerprint density at radius 1 is 1.07 bits per heavy atom. The molecule has 0 spiro atoms. The van der Waals surface area contributed by atoms with Gasteiger partial charge in [-0.1, -0.05) is 54.6 Å². The number of hydrogen-bond acceptors (Lipinski definition) is 3. The van der Waals surface area contributed by atoms with Gasteiger partial charge in [0.25, 0.3) is 0 Å². The summed E-state index contributed by atoms with van der Waals surface area (Å²) in [7, 11) is 3.57. The van der Waals surface area contributed by atoms with Crippen LogP contribution in [0.5, 0.6) is 0 Å². The van der Waals surface area contributed by atoms with Crippen molar-refractivity contribution < 1.29 is 9.47 Å². The minimum Gasteiger partial charge on any atom is -0.380 e. The largest absolute Gasteiger partial charge is 0.380 e. The number of aliphatic imine (C=N–C) groups is 1. The van der Waals surface area contributed by atoms with Gasteiger partial charge in [-0.05, 0) is 23.1 Å². The van der Waals surface area contributed by atoms with Crippen LogP contribution in [0.1, 0.15) is 23.1 Å². The lowest BCUT2D eigenvalue weighted by molar-refractivity contribution is 0.0906. The lowest BCUT2D eigenvalue weighted by atomic mass is 10.1. The van der Waals surface area contributed by atoms with Crippen LogP contribution in [-0.4, -0.2) is 44.7 Å². The van der Waals surface area contributed by atoms with E-state index in [1.54, 1.807) is 7.11 Å². The molecule has 1 aliphatic heterocycles. The summed E-state index contributed by atoms with van der Waals surface area (Å²) in [5.74, 6) is 1.51. The number of guanidine groups is 1. The summed E-state index contributed by atoms with van der Waals surface area (Å²) >= 11 is 0. The van der Waals surface area contributed by atoms with Crippen LogP contribution in [0.2, 0.25) is 0 Å². The Hall–Kier alpha value is -2.37. The fraction of sp³-hybridized carbons (Fsp3) is 0.435. The molecule has 1 saturated heterocycles. The molecule has 3 rings (SSSR count). The number of hydrogen-bond donors (Lipinski definition) is 1. The molecule has 0 amide bonds. The van der Waals surface area contributed by atoms with E-state index in [4.69, 9.17) is 9.47 Å². The van der Waals surface area contributed by atoms with Crippen molar-refractivity contribution in [2.24, 2.45) is 10.9 Å². The van der Waals surface area contributed by atoms with Gasteiger partial charge < -0.3 is 19.7 Å². The maximum Gasteiger partial charge on any atom is 0.193 e. The third-order valence-electron chi connectivity index (χ3n) is 5.02. The molecule has 1 N–H and O–H groups in total. The normalized spacial score (nSPS) is 17.1. The first kappa shape index (κ1) is 20.4. The van der Waals surface area contributed by atoms with Gasteiger partial charge in [-0.15, -0.1) is 0 Å². The van der Waals surface area contributed by atoms with Crippen molar-refractivity contribution in [2.75, 3.05) is 33.9 Å². The summed E-state index contributed by atoms with van der Waals surface area (Å²) in [5.41, 5.74) is 3.65. The predicted octanol–water partition coefficient (Wildman–Crippen LogP) is 3.45. The highest BCUT2D eigenvalue weighted by Crippen LogP contribution is 2.17. The summed E-state index contributed by atoms with van der Waals surface area (Å²) in [4.78, 5) is 6.80. The number of rotatable bonds is 8. The van der Waals surface area contributed by atoms with E-state index in [9.17, 15) is 0 Å². The zero-order valence-corrected chi connectivity index (χ0v) is 16.9. The van der Waals surface area contributed by atoms with E-state index < -0.39 is 0 Å². The molecule has 1 heterocycles. The minimum absolute atomic E-state index is 0.548. The Morgan fingerprint density at radius 3 is 2.64 bits per heavy atom. The topological polar surface area (TPSA) is 46.1 Å². The maximum absolute atomic E-state index is 5.93. The van der Waals surface area contributed by atoms with Crippen molar-refractivity contribution in [1.82, 2.24) is 10.2 Å². The Kier molecular flexibility index (Phi) is 7.88. The molecular formula is C23H31N3O2. The first-order valence-corrected chi connectivity index (χ1v) is 9.92. The summed E-state index contributed by atoms with van der Waals surface area (Å²) in [6, 6.07) is 18.8. The Balaban J connectivity index is 1.43. The van der Waals surface area contributed by atoms with Crippen LogP contribution in [-0.2, 0) is 29.2 Å². The van der Waals surface area contributed by atoms with E-state index in [0.29, 0.717) is 19.1 Å². The minimum atomic E-state index is 0.548. The third kappa shape index (κ3) is 6.08. The Labute approximate surface area is 168 Å². The van der Waals surface area contributed by atoms with E-state index >= 15 is 0 Å². The maximum atomic E-state index is 5.93. The van der Waals surface area contributed by atoms with Crippen molar-refractivity contribution >= 4 is 5.96 Å². The van der Waals surface area contributed by atoms with Crippen molar-refractivity contribution in [3.05, 3.63) is 71.3 Å². The summed E-state index contributed by atoms with van der Waals surface area (Å²) in [6.07, 6.45) is 1.14. The molecule has 0 saturated carbocycles. The van der Waals surface area contributed by atoms with Gasteiger partial charge >= 0.3 is 0 Å².